The Morgan fingerprint density at radius 3 is 2.37 bits per heavy atom. The van der Waals surface area contributed by atoms with Gasteiger partial charge in [-0.25, -0.2) is 4.79 Å². The first-order valence-corrected chi connectivity index (χ1v) is 11.6. The average Bonchev–Trinajstić information content (AvgIpc) is 2.69. The first-order chi connectivity index (χ1) is 14.2. The molecule has 1 unspecified atom stereocenters. The van der Waals surface area contributed by atoms with E-state index in [9.17, 15) is 23.3 Å². The minimum absolute atomic E-state index is 0.286. The molecule has 0 spiro atoms. The second kappa shape index (κ2) is 7.77. The largest absolute Gasteiger partial charge is 0.456 e. The van der Waals surface area contributed by atoms with Gasteiger partial charge in [-0.1, -0.05) is 12.6 Å². The molecule has 5 rings (SSSR count). The zero-order valence-corrected chi connectivity index (χ0v) is 17.4. The number of hydrogen-bond donors (Lipinski definition) is 0. The van der Waals surface area contributed by atoms with Gasteiger partial charge in [0.15, 0.2) is 0 Å². The van der Waals surface area contributed by atoms with Crippen LogP contribution >= 0.6 is 0 Å². The molecular weight excluding hydrogens is 410 g/mol. The van der Waals surface area contributed by atoms with Gasteiger partial charge >= 0.3 is 5.97 Å². The van der Waals surface area contributed by atoms with Crippen molar-refractivity contribution in [1.29, 1.82) is 0 Å². The highest BCUT2D eigenvalue weighted by Crippen LogP contribution is 2.61. The van der Waals surface area contributed by atoms with E-state index in [2.05, 4.69) is 6.58 Å². The van der Waals surface area contributed by atoms with E-state index in [0.29, 0.717) is 17.8 Å². The van der Waals surface area contributed by atoms with Crippen LogP contribution in [-0.4, -0.2) is 32.0 Å². The molecule has 0 saturated heterocycles. The second-order valence-electron chi connectivity index (χ2n) is 8.90. The molecule has 1 atom stereocenters. The number of carbonyl (C=O) groups excluding carboxylic acids is 1. The Labute approximate surface area is 175 Å². The van der Waals surface area contributed by atoms with Crippen LogP contribution in [0.4, 0.5) is 5.69 Å². The van der Waals surface area contributed by atoms with Crippen LogP contribution in [0.25, 0.3) is 0 Å². The Morgan fingerprint density at radius 1 is 1.23 bits per heavy atom. The van der Waals surface area contributed by atoms with E-state index in [1.54, 1.807) is 0 Å². The summed E-state index contributed by atoms with van der Waals surface area (Å²) in [6, 6.07) is 4.72. The zero-order valence-electron chi connectivity index (χ0n) is 16.6. The van der Waals surface area contributed by atoms with Crippen LogP contribution in [0, 0.1) is 33.3 Å². The molecule has 4 fully saturated rings. The molecular formula is C21H25NO7S. The summed E-state index contributed by atoms with van der Waals surface area (Å²) in [4.78, 5) is 22.0. The van der Waals surface area contributed by atoms with E-state index in [4.69, 9.17) is 8.92 Å². The van der Waals surface area contributed by atoms with Crippen molar-refractivity contribution in [2.45, 2.75) is 49.5 Å². The fourth-order valence-electron chi connectivity index (χ4n) is 6.07. The number of nitrogens with zero attached hydrogens (tertiary/aromatic N) is 1. The fraction of sp³-hybridized carbons (Fsp3) is 0.571. The SMILES string of the molecule is C=CC(=O)OC(COS(=O)(=O)c1cccc([N+](=O)[O-])c1)C12CC3CC(CC(C3)C1)C2. The highest BCUT2D eigenvalue weighted by atomic mass is 32.2. The van der Waals surface area contributed by atoms with Gasteiger partial charge in [0.05, 0.1) is 4.92 Å². The lowest BCUT2D eigenvalue weighted by Gasteiger charge is -2.58. The summed E-state index contributed by atoms with van der Waals surface area (Å²) in [6.45, 7) is 3.14. The van der Waals surface area contributed by atoms with Gasteiger partial charge in [-0.05, 0) is 62.3 Å². The highest BCUT2D eigenvalue weighted by molar-refractivity contribution is 7.86. The number of benzene rings is 1. The van der Waals surface area contributed by atoms with Gasteiger partial charge in [-0.3, -0.25) is 14.3 Å². The van der Waals surface area contributed by atoms with Crippen LogP contribution in [0.1, 0.15) is 38.5 Å². The molecule has 9 heteroatoms. The van der Waals surface area contributed by atoms with Crippen LogP contribution in [-0.2, 0) is 23.8 Å². The van der Waals surface area contributed by atoms with Crippen molar-refractivity contribution < 1.29 is 27.1 Å². The average molecular weight is 435 g/mol. The monoisotopic (exact) mass is 435 g/mol. The number of non-ortho nitro benzene ring substituents is 1. The van der Waals surface area contributed by atoms with Gasteiger partial charge in [0.1, 0.15) is 17.6 Å². The minimum Gasteiger partial charge on any atom is -0.456 e. The molecule has 0 aromatic heterocycles. The highest BCUT2D eigenvalue weighted by Gasteiger charge is 2.55. The predicted octanol–water partition coefficient (Wildman–Crippen LogP) is 3.61. The van der Waals surface area contributed by atoms with Gasteiger partial charge < -0.3 is 4.74 Å². The zero-order chi connectivity index (χ0) is 21.5. The van der Waals surface area contributed by atoms with Gasteiger partial charge in [-0.15, -0.1) is 0 Å². The lowest BCUT2D eigenvalue weighted by atomic mass is 9.48. The molecule has 30 heavy (non-hydrogen) atoms. The van der Waals surface area contributed by atoms with Gasteiger partial charge in [-0.2, -0.15) is 8.42 Å². The minimum atomic E-state index is -4.25. The third-order valence-electron chi connectivity index (χ3n) is 6.89. The fourth-order valence-corrected chi connectivity index (χ4v) is 7.02. The number of rotatable bonds is 8. The van der Waals surface area contributed by atoms with Crippen molar-refractivity contribution in [3.63, 3.8) is 0 Å². The maximum atomic E-state index is 12.7. The van der Waals surface area contributed by atoms with Crippen molar-refractivity contribution in [2.24, 2.45) is 23.2 Å². The Kier molecular flexibility index (Phi) is 5.44. The Hall–Kier alpha value is -2.26. The van der Waals surface area contributed by atoms with E-state index in [1.807, 2.05) is 0 Å². The van der Waals surface area contributed by atoms with Crippen molar-refractivity contribution >= 4 is 21.8 Å². The number of carbonyl (C=O) groups is 1. The summed E-state index contributed by atoms with van der Waals surface area (Å²) < 4.78 is 36.3. The molecule has 0 radical (unpaired) electrons. The summed E-state index contributed by atoms with van der Waals surface area (Å²) in [5, 5.41) is 11.0. The molecule has 0 N–H and O–H groups in total. The third-order valence-corrected chi connectivity index (χ3v) is 8.16. The summed E-state index contributed by atoms with van der Waals surface area (Å²) in [5.41, 5.74) is -0.624. The topological polar surface area (TPSA) is 113 Å². The molecule has 4 aliphatic carbocycles. The van der Waals surface area contributed by atoms with Crippen LogP contribution < -0.4 is 0 Å². The second-order valence-corrected chi connectivity index (χ2v) is 10.5. The van der Waals surface area contributed by atoms with Crippen molar-refractivity contribution in [3.05, 3.63) is 47.0 Å². The number of hydrogen-bond acceptors (Lipinski definition) is 7. The van der Waals surface area contributed by atoms with Crippen LogP contribution in [0.5, 0.6) is 0 Å². The summed E-state index contributed by atoms with van der Waals surface area (Å²) in [5.74, 6) is 1.13. The Balaban J connectivity index is 1.56. The smallest absolute Gasteiger partial charge is 0.330 e. The summed E-state index contributed by atoms with van der Waals surface area (Å²) in [7, 11) is -4.25. The standard InChI is InChI=1S/C21H25NO7S/c1-2-20(23)29-19(21-10-14-6-15(11-21)8-16(7-14)12-21)13-28-30(26,27)18-5-3-4-17(9-18)22(24)25/h2-5,9,14-16,19H,1,6-8,10-13H2. The Morgan fingerprint density at radius 2 is 1.83 bits per heavy atom. The first kappa shape index (κ1) is 21.0. The molecule has 4 bridgehead atoms. The van der Waals surface area contributed by atoms with Crippen LogP contribution in [0.3, 0.4) is 0 Å². The molecule has 0 amide bonds. The van der Waals surface area contributed by atoms with Crippen LogP contribution in [0.15, 0.2) is 41.8 Å². The molecule has 162 valence electrons. The first-order valence-electron chi connectivity index (χ1n) is 10.2. The maximum Gasteiger partial charge on any atom is 0.330 e. The van der Waals surface area contributed by atoms with Gasteiger partial charge in [0.25, 0.3) is 15.8 Å². The summed E-state index contributed by atoms with van der Waals surface area (Å²) in [6.07, 6.45) is 6.63. The summed E-state index contributed by atoms with van der Waals surface area (Å²) >= 11 is 0. The number of ether oxygens (including phenoxy) is 1. The van der Waals surface area contributed by atoms with E-state index in [0.717, 1.165) is 31.4 Å². The van der Waals surface area contributed by atoms with Crippen LogP contribution in [0.2, 0.25) is 0 Å². The molecule has 0 aliphatic heterocycles. The number of nitro benzene ring substituents is 1. The molecule has 1 aromatic carbocycles. The predicted molar refractivity (Wildman–Crippen MR) is 107 cm³/mol. The molecule has 8 nitrogen and oxygen atoms in total. The third kappa shape index (κ3) is 4.00. The van der Waals surface area contributed by atoms with E-state index in [1.165, 1.54) is 37.5 Å². The maximum absolute atomic E-state index is 12.7. The van der Waals surface area contributed by atoms with E-state index < -0.39 is 27.1 Å². The lowest BCUT2D eigenvalue weighted by molar-refractivity contribution is -0.385. The Bertz CT molecular complexity index is 936. The van der Waals surface area contributed by atoms with E-state index >= 15 is 0 Å². The normalized spacial score (nSPS) is 30.6. The number of nitro groups is 1. The molecule has 1 aromatic rings. The molecule has 4 aliphatic rings. The van der Waals surface area contributed by atoms with Crippen molar-refractivity contribution in [2.75, 3.05) is 6.61 Å². The molecule has 4 saturated carbocycles. The number of esters is 1. The molecule has 0 heterocycles. The van der Waals surface area contributed by atoms with Crippen molar-refractivity contribution in [1.82, 2.24) is 0 Å². The van der Waals surface area contributed by atoms with Gasteiger partial charge in [0.2, 0.25) is 0 Å². The van der Waals surface area contributed by atoms with Crippen molar-refractivity contribution in [3.8, 4) is 0 Å². The van der Waals surface area contributed by atoms with Gasteiger partial charge in [0, 0.05) is 23.6 Å². The van der Waals surface area contributed by atoms with E-state index in [-0.39, 0.29) is 22.6 Å². The lowest BCUT2D eigenvalue weighted by Crippen LogP contribution is -2.54. The quantitative estimate of drug-likeness (QED) is 0.201.